The van der Waals surface area contributed by atoms with Gasteiger partial charge in [0.15, 0.2) is 0 Å². The summed E-state index contributed by atoms with van der Waals surface area (Å²) in [6.45, 7) is 7.95. The van der Waals surface area contributed by atoms with E-state index in [1.165, 1.54) is 30.8 Å². The van der Waals surface area contributed by atoms with Gasteiger partial charge in [-0.2, -0.15) is 0 Å². The summed E-state index contributed by atoms with van der Waals surface area (Å²) in [7, 11) is 4.39. The van der Waals surface area contributed by atoms with Crippen LogP contribution in [0.25, 0.3) is 0 Å². The van der Waals surface area contributed by atoms with Crippen LogP contribution in [0, 0.1) is 0 Å². The first kappa shape index (κ1) is 14.8. The summed E-state index contributed by atoms with van der Waals surface area (Å²) in [6, 6.07) is 9.67. The molecule has 4 nitrogen and oxygen atoms in total. The Kier molecular flexibility index (Phi) is 4.78. The van der Waals surface area contributed by atoms with Crippen LogP contribution in [-0.2, 0) is 6.54 Å². The van der Waals surface area contributed by atoms with Crippen molar-refractivity contribution in [2.24, 2.45) is 0 Å². The highest BCUT2D eigenvalue weighted by atomic mass is 15.2. The zero-order chi connectivity index (χ0) is 14.7. The molecular formula is C17H28N4. The van der Waals surface area contributed by atoms with Gasteiger partial charge in [-0.15, -0.1) is 0 Å². The van der Waals surface area contributed by atoms with Crippen molar-refractivity contribution in [3.05, 3.63) is 29.8 Å². The third-order valence-corrected chi connectivity index (χ3v) is 4.82. The number of piperazine rings is 1. The SMILES string of the molecule is CN(C)[C@H]1CCN(Cc2ccccc2N2CCNCC2)C1. The number of nitrogens with zero attached hydrogens (tertiary/aromatic N) is 3. The Morgan fingerprint density at radius 1 is 1.14 bits per heavy atom. The van der Waals surface area contributed by atoms with Crippen molar-refractivity contribution in [3.8, 4) is 0 Å². The van der Waals surface area contributed by atoms with E-state index in [2.05, 4.69) is 58.4 Å². The average molecular weight is 288 g/mol. The van der Waals surface area contributed by atoms with Gasteiger partial charge in [-0.3, -0.25) is 4.90 Å². The lowest BCUT2D eigenvalue weighted by Crippen LogP contribution is -2.44. The van der Waals surface area contributed by atoms with Gasteiger partial charge >= 0.3 is 0 Å². The van der Waals surface area contributed by atoms with Gasteiger partial charge in [-0.25, -0.2) is 0 Å². The van der Waals surface area contributed by atoms with Crippen LogP contribution in [0.5, 0.6) is 0 Å². The van der Waals surface area contributed by atoms with E-state index >= 15 is 0 Å². The summed E-state index contributed by atoms with van der Waals surface area (Å²) in [4.78, 5) is 7.50. The molecule has 1 atom stereocenters. The number of anilines is 1. The number of likely N-dealkylation sites (tertiary alicyclic amines) is 1. The van der Waals surface area contributed by atoms with Crippen LogP contribution in [0.2, 0.25) is 0 Å². The standard InChI is InChI=1S/C17H28N4/c1-19(2)16-7-10-20(14-16)13-15-5-3-4-6-17(15)21-11-8-18-9-12-21/h3-6,16,18H,7-14H2,1-2H3/t16-/m0/s1. The van der Waals surface area contributed by atoms with Crippen LogP contribution in [-0.4, -0.2) is 69.2 Å². The number of hydrogen-bond donors (Lipinski definition) is 1. The van der Waals surface area contributed by atoms with Crippen LogP contribution in [0.4, 0.5) is 5.69 Å². The highest BCUT2D eigenvalue weighted by Gasteiger charge is 2.25. The van der Waals surface area contributed by atoms with Gasteiger partial charge in [0.05, 0.1) is 0 Å². The molecule has 0 aromatic heterocycles. The minimum absolute atomic E-state index is 0.719. The molecule has 2 fully saturated rings. The maximum atomic E-state index is 3.44. The first-order valence-electron chi connectivity index (χ1n) is 8.16. The number of benzene rings is 1. The predicted molar refractivity (Wildman–Crippen MR) is 88.9 cm³/mol. The quantitative estimate of drug-likeness (QED) is 0.899. The van der Waals surface area contributed by atoms with Gasteiger partial charge in [0.2, 0.25) is 0 Å². The highest BCUT2D eigenvalue weighted by Crippen LogP contribution is 2.24. The largest absolute Gasteiger partial charge is 0.369 e. The molecule has 4 heteroatoms. The van der Waals surface area contributed by atoms with Crippen LogP contribution in [0.15, 0.2) is 24.3 Å². The normalized spacial score (nSPS) is 24.0. The Morgan fingerprint density at radius 2 is 1.90 bits per heavy atom. The van der Waals surface area contributed by atoms with Gasteiger partial charge in [-0.1, -0.05) is 18.2 Å². The Morgan fingerprint density at radius 3 is 2.62 bits per heavy atom. The first-order chi connectivity index (χ1) is 10.2. The third kappa shape index (κ3) is 3.57. The lowest BCUT2D eigenvalue weighted by molar-refractivity contribution is 0.265. The Labute approximate surface area is 128 Å². The van der Waals surface area contributed by atoms with Crippen molar-refractivity contribution in [2.45, 2.75) is 19.0 Å². The van der Waals surface area contributed by atoms with Crippen LogP contribution >= 0.6 is 0 Å². The van der Waals surface area contributed by atoms with Crippen LogP contribution in [0.1, 0.15) is 12.0 Å². The summed E-state index contributed by atoms with van der Waals surface area (Å²) >= 11 is 0. The zero-order valence-electron chi connectivity index (χ0n) is 13.4. The summed E-state index contributed by atoms with van der Waals surface area (Å²) in [5.41, 5.74) is 2.92. The molecule has 2 heterocycles. The summed E-state index contributed by atoms with van der Waals surface area (Å²) in [5, 5.41) is 3.44. The molecule has 1 aromatic rings. The Bertz CT molecular complexity index is 454. The number of nitrogens with one attached hydrogen (secondary N) is 1. The van der Waals surface area contributed by atoms with Gasteiger partial charge in [0.25, 0.3) is 0 Å². The van der Waals surface area contributed by atoms with Gasteiger partial charge < -0.3 is 15.1 Å². The molecule has 2 aliphatic rings. The van der Waals surface area contributed by atoms with E-state index < -0.39 is 0 Å². The number of hydrogen-bond acceptors (Lipinski definition) is 4. The summed E-state index contributed by atoms with van der Waals surface area (Å²) < 4.78 is 0. The lowest BCUT2D eigenvalue weighted by Gasteiger charge is -2.32. The Hall–Kier alpha value is -1.10. The lowest BCUT2D eigenvalue weighted by atomic mass is 10.1. The minimum atomic E-state index is 0.719. The second kappa shape index (κ2) is 6.77. The number of para-hydroxylation sites is 1. The van der Waals surface area contributed by atoms with Gasteiger partial charge in [0.1, 0.15) is 0 Å². The molecule has 2 saturated heterocycles. The van der Waals surface area contributed by atoms with Crippen molar-refractivity contribution >= 4 is 5.69 Å². The predicted octanol–water partition coefficient (Wildman–Crippen LogP) is 1.23. The molecule has 1 aromatic carbocycles. The van der Waals surface area contributed by atoms with Crippen molar-refractivity contribution in [1.82, 2.24) is 15.1 Å². The average Bonchev–Trinajstić information content (AvgIpc) is 2.98. The smallest absolute Gasteiger partial charge is 0.0412 e. The molecule has 3 rings (SSSR count). The summed E-state index contributed by atoms with van der Waals surface area (Å²) in [5.74, 6) is 0. The maximum absolute atomic E-state index is 3.44. The molecule has 0 amide bonds. The van der Waals surface area contributed by atoms with E-state index in [0.717, 1.165) is 38.8 Å². The molecule has 1 N–H and O–H groups in total. The molecule has 0 unspecified atom stereocenters. The van der Waals surface area contributed by atoms with E-state index in [1.54, 1.807) is 0 Å². The second-order valence-electron chi connectivity index (χ2n) is 6.51. The number of likely N-dealkylation sites (N-methyl/N-ethyl adjacent to an activating group) is 1. The fourth-order valence-corrected chi connectivity index (χ4v) is 3.48. The van der Waals surface area contributed by atoms with Crippen molar-refractivity contribution in [2.75, 3.05) is 58.3 Å². The fraction of sp³-hybridized carbons (Fsp3) is 0.647. The molecule has 21 heavy (non-hydrogen) atoms. The molecule has 0 bridgehead atoms. The fourth-order valence-electron chi connectivity index (χ4n) is 3.48. The first-order valence-corrected chi connectivity index (χ1v) is 8.16. The molecule has 2 aliphatic heterocycles. The molecule has 0 saturated carbocycles. The van der Waals surface area contributed by atoms with Crippen LogP contribution in [0.3, 0.4) is 0 Å². The van der Waals surface area contributed by atoms with E-state index in [-0.39, 0.29) is 0 Å². The number of rotatable bonds is 4. The molecule has 0 spiro atoms. The van der Waals surface area contributed by atoms with E-state index in [9.17, 15) is 0 Å². The van der Waals surface area contributed by atoms with E-state index in [1.807, 2.05) is 0 Å². The Balaban J connectivity index is 1.68. The van der Waals surface area contributed by atoms with E-state index in [0.29, 0.717) is 0 Å². The van der Waals surface area contributed by atoms with E-state index in [4.69, 9.17) is 0 Å². The maximum Gasteiger partial charge on any atom is 0.0412 e. The van der Waals surface area contributed by atoms with Gasteiger partial charge in [0, 0.05) is 57.5 Å². The van der Waals surface area contributed by atoms with Gasteiger partial charge in [-0.05, 0) is 32.1 Å². The molecule has 0 radical (unpaired) electrons. The molecule has 0 aliphatic carbocycles. The third-order valence-electron chi connectivity index (χ3n) is 4.82. The molecular weight excluding hydrogens is 260 g/mol. The van der Waals surface area contributed by atoms with Crippen molar-refractivity contribution < 1.29 is 0 Å². The minimum Gasteiger partial charge on any atom is -0.369 e. The van der Waals surface area contributed by atoms with Crippen molar-refractivity contribution in [1.29, 1.82) is 0 Å². The molecule has 116 valence electrons. The topological polar surface area (TPSA) is 21.8 Å². The van der Waals surface area contributed by atoms with Crippen LogP contribution < -0.4 is 10.2 Å². The van der Waals surface area contributed by atoms with Crippen molar-refractivity contribution in [3.63, 3.8) is 0 Å². The zero-order valence-corrected chi connectivity index (χ0v) is 13.4. The highest BCUT2D eigenvalue weighted by molar-refractivity contribution is 5.54. The summed E-state index contributed by atoms with van der Waals surface area (Å²) in [6.07, 6.45) is 1.29. The second-order valence-corrected chi connectivity index (χ2v) is 6.51. The monoisotopic (exact) mass is 288 g/mol.